The lowest BCUT2D eigenvalue weighted by Gasteiger charge is -2.31. The maximum Gasteiger partial charge on any atom is 0.291 e. The van der Waals surface area contributed by atoms with Crippen LogP contribution in [0.25, 0.3) is 0 Å². The Balaban J connectivity index is 1.49. The molecule has 1 amide bonds. The molecule has 1 fully saturated rings. The van der Waals surface area contributed by atoms with Gasteiger partial charge in [-0.15, -0.1) is 0 Å². The number of carbonyl (C=O) groups is 1. The number of aromatic nitrogens is 3. The van der Waals surface area contributed by atoms with E-state index in [1.165, 1.54) is 0 Å². The van der Waals surface area contributed by atoms with E-state index in [-0.39, 0.29) is 11.8 Å². The van der Waals surface area contributed by atoms with Gasteiger partial charge in [0.1, 0.15) is 5.75 Å². The van der Waals surface area contributed by atoms with E-state index < -0.39 is 0 Å². The predicted molar refractivity (Wildman–Crippen MR) is 107 cm³/mol. The van der Waals surface area contributed by atoms with Crippen LogP contribution in [0, 0.1) is 20.8 Å². The molecule has 0 spiro atoms. The van der Waals surface area contributed by atoms with Gasteiger partial charge in [0.05, 0.1) is 17.6 Å². The fourth-order valence-corrected chi connectivity index (χ4v) is 3.68. The van der Waals surface area contributed by atoms with Crippen molar-refractivity contribution in [3.63, 3.8) is 0 Å². The Morgan fingerprint density at radius 1 is 1.21 bits per heavy atom. The first-order chi connectivity index (χ1) is 14.0. The molecule has 0 saturated carbocycles. The van der Waals surface area contributed by atoms with E-state index in [1.54, 1.807) is 26.2 Å². The molecule has 0 N–H and O–H groups in total. The van der Waals surface area contributed by atoms with E-state index in [2.05, 4.69) is 15.0 Å². The number of ether oxygens (including phenoxy) is 1. The summed E-state index contributed by atoms with van der Waals surface area (Å²) in [7, 11) is 0. The van der Waals surface area contributed by atoms with Crippen LogP contribution in [0.15, 0.2) is 41.1 Å². The van der Waals surface area contributed by atoms with Crippen molar-refractivity contribution >= 4 is 5.91 Å². The number of carbonyl (C=O) groups excluding carboxylic acids is 1. The van der Waals surface area contributed by atoms with E-state index >= 15 is 0 Å². The van der Waals surface area contributed by atoms with E-state index in [1.807, 2.05) is 36.1 Å². The second-order valence-electron chi connectivity index (χ2n) is 7.44. The van der Waals surface area contributed by atoms with Crippen LogP contribution in [0.2, 0.25) is 0 Å². The minimum atomic E-state index is -0.118. The minimum Gasteiger partial charge on any atom is -0.437 e. The third kappa shape index (κ3) is 4.29. The highest BCUT2D eigenvalue weighted by atomic mass is 16.5. The smallest absolute Gasteiger partial charge is 0.291 e. The summed E-state index contributed by atoms with van der Waals surface area (Å²) in [5, 5.41) is 0. The van der Waals surface area contributed by atoms with Crippen molar-refractivity contribution in [2.24, 2.45) is 0 Å². The summed E-state index contributed by atoms with van der Waals surface area (Å²) in [6, 6.07) is 7.81. The molecule has 3 aromatic rings. The lowest BCUT2D eigenvalue weighted by molar-refractivity contribution is 0.0671. The zero-order valence-corrected chi connectivity index (χ0v) is 16.9. The summed E-state index contributed by atoms with van der Waals surface area (Å²) in [6.07, 6.45) is 5.21. The Hall–Kier alpha value is -3.22. The molecule has 1 aromatic carbocycles. The van der Waals surface area contributed by atoms with Crippen molar-refractivity contribution in [1.82, 2.24) is 19.9 Å². The third-order valence-corrected chi connectivity index (χ3v) is 5.07. The molecule has 1 atom stereocenters. The molecule has 7 nitrogen and oxygen atoms in total. The Labute approximate surface area is 169 Å². The number of likely N-dealkylation sites (tertiary alicyclic amines) is 1. The predicted octanol–water partition coefficient (Wildman–Crippen LogP) is 4.20. The largest absolute Gasteiger partial charge is 0.437 e. The summed E-state index contributed by atoms with van der Waals surface area (Å²) >= 11 is 0. The van der Waals surface area contributed by atoms with Gasteiger partial charge in [-0.3, -0.25) is 9.78 Å². The summed E-state index contributed by atoms with van der Waals surface area (Å²) in [5.41, 5.74) is 2.58. The zero-order valence-electron chi connectivity index (χ0n) is 16.9. The van der Waals surface area contributed by atoms with Crippen LogP contribution in [-0.2, 0) is 0 Å². The van der Waals surface area contributed by atoms with Crippen molar-refractivity contribution < 1.29 is 13.9 Å². The van der Waals surface area contributed by atoms with Crippen LogP contribution in [-0.4, -0.2) is 38.8 Å². The molecule has 1 saturated heterocycles. The van der Waals surface area contributed by atoms with Crippen molar-refractivity contribution in [1.29, 1.82) is 0 Å². The molecule has 29 heavy (non-hydrogen) atoms. The van der Waals surface area contributed by atoms with Gasteiger partial charge in [-0.1, -0.05) is 12.1 Å². The topological polar surface area (TPSA) is 81.4 Å². The second kappa shape index (κ2) is 8.03. The van der Waals surface area contributed by atoms with Crippen LogP contribution in [0.1, 0.15) is 52.2 Å². The number of piperidine rings is 1. The molecule has 7 heteroatoms. The Bertz CT molecular complexity index is 1030. The molecule has 2 aromatic heterocycles. The fourth-order valence-electron chi connectivity index (χ4n) is 3.68. The number of aryl methyl sites for hydroxylation is 3. The van der Waals surface area contributed by atoms with Gasteiger partial charge in [-0.25, -0.2) is 9.97 Å². The monoisotopic (exact) mass is 392 g/mol. The van der Waals surface area contributed by atoms with Gasteiger partial charge >= 0.3 is 0 Å². The standard InChI is InChI=1S/C22H24N4O3/c1-14-6-4-8-18(10-14)29-20-12-23-11-19(25-20)17-7-5-9-26(13-17)22(27)21-15(2)24-16(3)28-21/h4,6,8,10-12,17H,5,7,9,13H2,1-3H3/t17-/m1/s1. The van der Waals surface area contributed by atoms with Gasteiger partial charge in [0.2, 0.25) is 11.6 Å². The van der Waals surface area contributed by atoms with Crippen LogP contribution in [0.4, 0.5) is 0 Å². The normalized spacial score (nSPS) is 16.7. The molecule has 4 rings (SSSR count). The quantitative estimate of drug-likeness (QED) is 0.662. The van der Waals surface area contributed by atoms with Crippen LogP contribution in [0.5, 0.6) is 11.6 Å². The SMILES string of the molecule is Cc1cccc(Oc2cncc([C@@H]3CCCN(C(=O)c4oc(C)nc4C)C3)n2)c1. The molecular weight excluding hydrogens is 368 g/mol. The first-order valence-electron chi connectivity index (χ1n) is 9.79. The molecule has 0 unspecified atom stereocenters. The van der Waals surface area contributed by atoms with Crippen LogP contribution in [0.3, 0.4) is 0 Å². The zero-order chi connectivity index (χ0) is 20.4. The summed E-state index contributed by atoms with van der Waals surface area (Å²) in [6.45, 7) is 6.82. The van der Waals surface area contributed by atoms with E-state index in [4.69, 9.17) is 9.15 Å². The number of amides is 1. The van der Waals surface area contributed by atoms with Gasteiger partial charge in [0.25, 0.3) is 5.91 Å². The molecule has 0 bridgehead atoms. The number of hydrogen-bond donors (Lipinski definition) is 0. The Morgan fingerprint density at radius 2 is 2.07 bits per heavy atom. The lowest BCUT2D eigenvalue weighted by atomic mass is 9.95. The maximum atomic E-state index is 12.9. The number of benzene rings is 1. The molecular formula is C22H24N4O3. The highest BCUT2D eigenvalue weighted by Crippen LogP contribution is 2.29. The molecule has 150 valence electrons. The second-order valence-corrected chi connectivity index (χ2v) is 7.44. The summed E-state index contributed by atoms with van der Waals surface area (Å²) < 4.78 is 11.4. The van der Waals surface area contributed by atoms with Gasteiger partial charge in [0, 0.05) is 32.1 Å². The van der Waals surface area contributed by atoms with E-state index in [0.717, 1.165) is 29.8 Å². The first-order valence-corrected chi connectivity index (χ1v) is 9.79. The van der Waals surface area contributed by atoms with Crippen molar-refractivity contribution in [3.8, 4) is 11.6 Å². The minimum absolute atomic E-state index is 0.102. The first kappa shape index (κ1) is 19.1. The lowest BCUT2D eigenvalue weighted by Crippen LogP contribution is -2.39. The van der Waals surface area contributed by atoms with Crippen LogP contribution < -0.4 is 4.74 Å². The third-order valence-electron chi connectivity index (χ3n) is 5.07. The molecule has 3 heterocycles. The fraction of sp³-hybridized carbons (Fsp3) is 0.364. The van der Waals surface area contributed by atoms with Crippen molar-refractivity contribution in [2.75, 3.05) is 13.1 Å². The highest BCUT2D eigenvalue weighted by molar-refractivity contribution is 5.92. The number of oxazole rings is 1. The average Bonchev–Trinajstić information content (AvgIpc) is 3.06. The highest BCUT2D eigenvalue weighted by Gasteiger charge is 2.29. The van der Waals surface area contributed by atoms with E-state index in [9.17, 15) is 4.79 Å². The Morgan fingerprint density at radius 3 is 2.83 bits per heavy atom. The van der Waals surface area contributed by atoms with Crippen molar-refractivity contribution in [2.45, 2.75) is 39.5 Å². The molecule has 1 aliphatic rings. The number of nitrogens with zero attached hydrogens (tertiary/aromatic N) is 4. The Kier molecular flexibility index (Phi) is 5.29. The maximum absolute atomic E-state index is 12.9. The number of rotatable bonds is 4. The van der Waals surface area contributed by atoms with Gasteiger partial charge in [-0.2, -0.15) is 0 Å². The summed E-state index contributed by atoms with van der Waals surface area (Å²) in [5.74, 6) is 2.00. The van der Waals surface area contributed by atoms with Crippen LogP contribution >= 0.6 is 0 Å². The summed E-state index contributed by atoms with van der Waals surface area (Å²) in [4.78, 5) is 27.9. The van der Waals surface area contributed by atoms with Gasteiger partial charge in [-0.05, 0) is 44.4 Å². The van der Waals surface area contributed by atoms with Gasteiger partial charge in [0.15, 0.2) is 5.89 Å². The van der Waals surface area contributed by atoms with Crippen molar-refractivity contribution in [3.05, 3.63) is 65.3 Å². The molecule has 0 radical (unpaired) electrons. The average molecular weight is 392 g/mol. The number of hydrogen-bond acceptors (Lipinski definition) is 6. The molecule has 0 aliphatic carbocycles. The molecule has 1 aliphatic heterocycles. The van der Waals surface area contributed by atoms with E-state index in [0.29, 0.717) is 36.3 Å². The van der Waals surface area contributed by atoms with Gasteiger partial charge < -0.3 is 14.1 Å².